The maximum Gasteiger partial charge on any atom is 0.282 e. The fraction of sp³-hybridized carbons (Fsp3) is 0.619. The zero-order chi connectivity index (χ0) is 22.3. The number of amides is 2. The zero-order valence-corrected chi connectivity index (χ0v) is 18.8. The van der Waals surface area contributed by atoms with Gasteiger partial charge in [-0.05, 0) is 25.0 Å². The fourth-order valence-corrected chi connectivity index (χ4v) is 5.73. The van der Waals surface area contributed by atoms with Crippen LogP contribution in [0.1, 0.15) is 32.1 Å². The number of primary amides is 1. The highest BCUT2D eigenvalue weighted by Gasteiger charge is 2.33. The van der Waals surface area contributed by atoms with Gasteiger partial charge in [-0.1, -0.05) is 31.0 Å². The van der Waals surface area contributed by atoms with Gasteiger partial charge in [0, 0.05) is 57.9 Å². The normalized spacial score (nSPS) is 19.6. The fourth-order valence-electron chi connectivity index (χ4n) is 4.06. The standard InChI is InChI=1S/C21H33N5O4S/c22-20(27)10-13-26(19-8-4-3-5-9-19)21(28)18-23-14-16-25(17-15-23)31(29,30)24-11-6-1-2-7-12-24/h3-5,8-9H,1-2,6-7,10-18H2,(H2,22,27). The van der Waals surface area contributed by atoms with Crippen molar-refractivity contribution < 1.29 is 18.0 Å². The highest BCUT2D eigenvalue weighted by molar-refractivity contribution is 7.86. The Kier molecular flexibility index (Phi) is 8.42. The van der Waals surface area contributed by atoms with E-state index in [0.717, 1.165) is 31.4 Å². The van der Waals surface area contributed by atoms with Crippen molar-refractivity contribution in [3.8, 4) is 0 Å². The number of carbonyl (C=O) groups excluding carboxylic acids is 2. The minimum atomic E-state index is -3.44. The molecule has 0 aromatic heterocycles. The van der Waals surface area contributed by atoms with Gasteiger partial charge in [-0.3, -0.25) is 14.5 Å². The monoisotopic (exact) mass is 451 g/mol. The van der Waals surface area contributed by atoms with Gasteiger partial charge in [-0.25, -0.2) is 0 Å². The van der Waals surface area contributed by atoms with Crippen LogP contribution in [0.15, 0.2) is 30.3 Å². The Balaban J connectivity index is 1.57. The number of hydrogen-bond donors (Lipinski definition) is 1. The first-order chi connectivity index (χ1) is 14.9. The molecule has 0 spiro atoms. The number of piperazine rings is 1. The van der Waals surface area contributed by atoms with Crippen molar-refractivity contribution in [2.45, 2.75) is 32.1 Å². The van der Waals surface area contributed by atoms with Crippen LogP contribution in [0, 0.1) is 0 Å². The molecule has 10 heteroatoms. The number of para-hydroxylation sites is 1. The first kappa shape index (κ1) is 23.6. The van der Waals surface area contributed by atoms with E-state index in [0.29, 0.717) is 39.3 Å². The lowest BCUT2D eigenvalue weighted by atomic mass is 10.2. The number of rotatable bonds is 8. The molecule has 0 atom stereocenters. The molecule has 0 unspecified atom stereocenters. The van der Waals surface area contributed by atoms with E-state index in [1.807, 2.05) is 35.2 Å². The molecule has 2 N–H and O–H groups in total. The molecular weight excluding hydrogens is 418 g/mol. The molecule has 2 heterocycles. The highest BCUT2D eigenvalue weighted by Crippen LogP contribution is 2.19. The number of benzene rings is 1. The molecule has 31 heavy (non-hydrogen) atoms. The zero-order valence-electron chi connectivity index (χ0n) is 18.0. The van der Waals surface area contributed by atoms with Crippen LogP contribution in [0.3, 0.4) is 0 Å². The predicted octanol–water partition coefficient (Wildman–Crippen LogP) is 0.633. The molecule has 0 radical (unpaired) electrons. The third-order valence-corrected chi connectivity index (χ3v) is 7.89. The number of carbonyl (C=O) groups is 2. The van der Waals surface area contributed by atoms with E-state index in [4.69, 9.17) is 5.73 Å². The van der Waals surface area contributed by atoms with Crippen molar-refractivity contribution in [2.75, 3.05) is 57.3 Å². The predicted molar refractivity (Wildman–Crippen MR) is 120 cm³/mol. The van der Waals surface area contributed by atoms with E-state index in [2.05, 4.69) is 0 Å². The maximum absolute atomic E-state index is 13.0. The van der Waals surface area contributed by atoms with Crippen LogP contribution in [-0.4, -0.2) is 86.1 Å². The largest absolute Gasteiger partial charge is 0.370 e. The molecule has 0 aliphatic carbocycles. The van der Waals surface area contributed by atoms with Crippen LogP contribution in [0.4, 0.5) is 5.69 Å². The second-order valence-corrected chi connectivity index (χ2v) is 10.0. The average molecular weight is 452 g/mol. The Morgan fingerprint density at radius 1 is 0.871 bits per heavy atom. The summed E-state index contributed by atoms with van der Waals surface area (Å²) in [6.45, 7) is 3.32. The summed E-state index contributed by atoms with van der Waals surface area (Å²) in [7, 11) is -3.44. The number of nitrogens with two attached hydrogens (primary N) is 1. The number of hydrogen-bond acceptors (Lipinski definition) is 5. The minimum absolute atomic E-state index is 0.0858. The van der Waals surface area contributed by atoms with Crippen molar-refractivity contribution >= 4 is 27.7 Å². The van der Waals surface area contributed by atoms with Crippen LogP contribution in [-0.2, 0) is 19.8 Å². The number of anilines is 1. The lowest BCUT2D eigenvalue weighted by Crippen LogP contribution is -2.54. The van der Waals surface area contributed by atoms with Crippen LogP contribution in [0.5, 0.6) is 0 Å². The molecule has 172 valence electrons. The first-order valence-corrected chi connectivity index (χ1v) is 12.4. The van der Waals surface area contributed by atoms with Crippen molar-refractivity contribution in [3.05, 3.63) is 30.3 Å². The molecule has 2 aliphatic rings. The SMILES string of the molecule is NC(=O)CCN(C(=O)CN1CCN(S(=O)(=O)N2CCCCCC2)CC1)c1ccccc1. The Labute approximate surface area is 184 Å². The van der Waals surface area contributed by atoms with Gasteiger partial charge in [-0.15, -0.1) is 0 Å². The number of nitrogens with zero attached hydrogens (tertiary/aromatic N) is 4. The molecular formula is C21H33N5O4S. The van der Waals surface area contributed by atoms with Gasteiger partial charge >= 0.3 is 0 Å². The van der Waals surface area contributed by atoms with E-state index in [-0.39, 0.29) is 25.4 Å². The van der Waals surface area contributed by atoms with Gasteiger partial charge < -0.3 is 10.6 Å². The van der Waals surface area contributed by atoms with Gasteiger partial charge in [0.1, 0.15) is 0 Å². The Bertz CT molecular complexity index is 833. The van der Waals surface area contributed by atoms with E-state index in [1.54, 1.807) is 13.5 Å². The molecule has 1 aromatic rings. The quantitative estimate of drug-likeness (QED) is 0.624. The van der Waals surface area contributed by atoms with E-state index < -0.39 is 16.1 Å². The molecule has 0 saturated carbocycles. The van der Waals surface area contributed by atoms with Crippen molar-refractivity contribution in [1.29, 1.82) is 0 Å². The van der Waals surface area contributed by atoms with Crippen LogP contribution in [0.25, 0.3) is 0 Å². The molecule has 9 nitrogen and oxygen atoms in total. The molecule has 2 aliphatic heterocycles. The second kappa shape index (κ2) is 11.0. The molecule has 2 saturated heterocycles. The van der Waals surface area contributed by atoms with Crippen LogP contribution in [0.2, 0.25) is 0 Å². The van der Waals surface area contributed by atoms with Crippen LogP contribution >= 0.6 is 0 Å². The van der Waals surface area contributed by atoms with Crippen molar-refractivity contribution in [2.24, 2.45) is 5.73 Å². The third-order valence-electron chi connectivity index (χ3n) is 5.86. The summed E-state index contributed by atoms with van der Waals surface area (Å²) in [5, 5.41) is 0. The molecule has 0 bridgehead atoms. The molecule has 2 fully saturated rings. The third kappa shape index (κ3) is 6.49. The van der Waals surface area contributed by atoms with Gasteiger partial charge in [0.05, 0.1) is 6.54 Å². The van der Waals surface area contributed by atoms with Crippen LogP contribution < -0.4 is 10.6 Å². The van der Waals surface area contributed by atoms with E-state index >= 15 is 0 Å². The van der Waals surface area contributed by atoms with E-state index in [1.165, 1.54) is 0 Å². The minimum Gasteiger partial charge on any atom is -0.370 e. The summed E-state index contributed by atoms with van der Waals surface area (Å²) in [6, 6.07) is 9.19. The Morgan fingerprint density at radius 2 is 1.45 bits per heavy atom. The van der Waals surface area contributed by atoms with Gasteiger partial charge in [0.2, 0.25) is 11.8 Å². The maximum atomic E-state index is 13.0. The summed E-state index contributed by atoms with van der Waals surface area (Å²) in [4.78, 5) is 27.8. The lowest BCUT2D eigenvalue weighted by molar-refractivity contribution is -0.120. The van der Waals surface area contributed by atoms with E-state index in [9.17, 15) is 18.0 Å². The highest BCUT2D eigenvalue weighted by atomic mass is 32.2. The smallest absolute Gasteiger partial charge is 0.282 e. The van der Waals surface area contributed by atoms with Crippen molar-refractivity contribution in [3.63, 3.8) is 0 Å². The molecule has 3 rings (SSSR count). The molecule has 1 aromatic carbocycles. The first-order valence-electron chi connectivity index (χ1n) is 11.0. The van der Waals surface area contributed by atoms with Crippen molar-refractivity contribution in [1.82, 2.24) is 13.5 Å². The summed E-state index contributed by atoms with van der Waals surface area (Å²) < 4.78 is 29.1. The van der Waals surface area contributed by atoms with Gasteiger partial charge in [-0.2, -0.15) is 17.0 Å². The average Bonchev–Trinajstić information content (AvgIpc) is 3.05. The Hall–Kier alpha value is -2.01. The Morgan fingerprint density at radius 3 is 2.03 bits per heavy atom. The van der Waals surface area contributed by atoms with Gasteiger partial charge in [0.15, 0.2) is 0 Å². The summed E-state index contributed by atoms with van der Waals surface area (Å²) in [5.41, 5.74) is 6.00. The summed E-state index contributed by atoms with van der Waals surface area (Å²) in [5.74, 6) is -0.586. The lowest BCUT2D eigenvalue weighted by Gasteiger charge is -2.37. The summed E-state index contributed by atoms with van der Waals surface area (Å²) in [6.07, 6.45) is 4.07. The topological polar surface area (TPSA) is 107 Å². The molecule has 2 amide bonds. The summed E-state index contributed by atoms with van der Waals surface area (Å²) >= 11 is 0. The second-order valence-electron chi connectivity index (χ2n) is 8.09. The van der Waals surface area contributed by atoms with Gasteiger partial charge in [0.25, 0.3) is 10.2 Å².